The first kappa shape index (κ1) is 17.2. The van der Waals surface area contributed by atoms with E-state index in [0.29, 0.717) is 19.6 Å². The normalized spacial score (nSPS) is 11.3. The topological polar surface area (TPSA) is 38.3 Å². The smallest absolute Gasteiger partial charge is 0.226 e. The number of benzene rings is 2. The van der Waals surface area contributed by atoms with Gasteiger partial charge in [0.1, 0.15) is 0 Å². The van der Waals surface area contributed by atoms with Crippen LogP contribution in [0.4, 0.5) is 5.69 Å². The van der Waals surface area contributed by atoms with Gasteiger partial charge in [0.15, 0.2) is 0 Å². The Morgan fingerprint density at radius 1 is 1.00 bits per heavy atom. The molecule has 0 aliphatic carbocycles. The van der Waals surface area contributed by atoms with E-state index in [4.69, 9.17) is 4.74 Å². The summed E-state index contributed by atoms with van der Waals surface area (Å²) in [5.41, 5.74) is 3.13. The van der Waals surface area contributed by atoms with E-state index in [1.165, 1.54) is 0 Å². The number of amides is 1. The number of nitrogens with one attached hydrogen (secondary N) is 1. The summed E-state index contributed by atoms with van der Waals surface area (Å²) in [6.45, 7) is 7.37. The first-order chi connectivity index (χ1) is 11.0. The molecule has 0 saturated carbocycles. The Labute approximate surface area is 138 Å². The van der Waals surface area contributed by atoms with Gasteiger partial charge in [0, 0.05) is 5.69 Å². The molecule has 2 rings (SSSR count). The third-order valence-electron chi connectivity index (χ3n) is 3.59. The number of carbonyl (C=O) groups is 1. The molecule has 2 aromatic rings. The van der Waals surface area contributed by atoms with Crippen LogP contribution in [0.25, 0.3) is 0 Å². The fraction of sp³-hybridized carbons (Fsp3) is 0.350. The molecule has 0 aromatic heterocycles. The summed E-state index contributed by atoms with van der Waals surface area (Å²) >= 11 is 0. The molecule has 0 bridgehead atoms. The van der Waals surface area contributed by atoms with Gasteiger partial charge in [-0.3, -0.25) is 4.79 Å². The average molecular weight is 311 g/mol. The van der Waals surface area contributed by atoms with Crippen molar-refractivity contribution in [2.75, 3.05) is 11.9 Å². The van der Waals surface area contributed by atoms with Crippen LogP contribution >= 0.6 is 0 Å². The Morgan fingerprint density at radius 2 is 1.65 bits per heavy atom. The van der Waals surface area contributed by atoms with Crippen molar-refractivity contribution in [1.82, 2.24) is 0 Å². The fourth-order valence-electron chi connectivity index (χ4n) is 2.39. The highest BCUT2D eigenvalue weighted by atomic mass is 16.5. The maximum absolute atomic E-state index is 12.1. The molecule has 0 spiro atoms. The molecule has 0 fully saturated rings. The van der Waals surface area contributed by atoms with Gasteiger partial charge in [-0.15, -0.1) is 0 Å². The molecule has 2 aromatic carbocycles. The predicted molar refractivity (Wildman–Crippen MR) is 94.5 cm³/mol. The summed E-state index contributed by atoms with van der Waals surface area (Å²) in [5, 5.41) is 3.00. The van der Waals surface area contributed by atoms with E-state index >= 15 is 0 Å². The highest BCUT2D eigenvalue weighted by Gasteiger charge is 2.18. The lowest BCUT2D eigenvalue weighted by Crippen LogP contribution is -2.19. The molecule has 0 aliphatic rings. The third-order valence-corrected chi connectivity index (χ3v) is 3.59. The van der Waals surface area contributed by atoms with Crippen LogP contribution in [0.3, 0.4) is 0 Å². The van der Waals surface area contributed by atoms with Crippen LogP contribution in [0.2, 0.25) is 0 Å². The molecular weight excluding hydrogens is 286 g/mol. The van der Waals surface area contributed by atoms with Crippen molar-refractivity contribution < 1.29 is 9.53 Å². The second-order valence-electron chi connectivity index (χ2n) is 6.63. The van der Waals surface area contributed by atoms with Crippen LogP contribution in [-0.4, -0.2) is 12.5 Å². The van der Waals surface area contributed by atoms with Crippen molar-refractivity contribution in [2.45, 2.75) is 39.2 Å². The maximum Gasteiger partial charge on any atom is 0.226 e. The second-order valence-corrected chi connectivity index (χ2v) is 6.63. The lowest BCUT2D eigenvalue weighted by atomic mass is 9.86. The fourth-order valence-corrected chi connectivity index (χ4v) is 2.39. The number of para-hydroxylation sites is 1. The highest BCUT2D eigenvalue weighted by Crippen LogP contribution is 2.29. The number of carbonyl (C=O) groups excluding carboxylic acids is 1. The zero-order valence-electron chi connectivity index (χ0n) is 14.1. The minimum absolute atomic E-state index is 0.00627. The van der Waals surface area contributed by atoms with Gasteiger partial charge in [-0.05, 0) is 22.6 Å². The van der Waals surface area contributed by atoms with Crippen molar-refractivity contribution in [2.24, 2.45) is 0 Å². The first-order valence-electron chi connectivity index (χ1n) is 7.98. The van der Waals surface area contributed by atoms with Crippen molar-refractivity contribution in [3.63, 3.8) is 0 Å². The van der Waals surface area contributed by atoms with E-state index in [9.17, 15) is 4.79 Å². The van der Waals surface area contributed by atoms with E-state index in [2.05, 4.69) is 32.2 Å². The van der Waals surface area contributed by atoms with Crippen molar-refractivity contribution in [3.8, 4) is 0 Å². The third kappa shape index (κ3) is 5.53. The Bertz CT molecular complexity index is 630. The lowest BCUT2D eigenvalue weighted by molar-refractivity contribution is -0.117. The van der Waals surface area contributed by atoms with Crippen LogP contribution < -0.4 is 5.32 Å². The molecule has 0 heterocycles. The zero-order chi connectivity index (χ0) is 16.7. The summed E-state index contributed by atoms with van der Waals surface area (Å²) in [4.78, 5) is 12.1. The van der Waals surface area contributed by atoms with Gasteiger partial charge >= 0.3 is 0 Å². The molecule has 0 radical (unpaired) electrons. The van der Waals surface area contributed by atoms with Gasteiger partial charge in [-0.25, -0.2) is 0 Å². The maximum atomic E-state index is 12.1. The summed E-state index contributed by atoms with van der Waals surface area (Å²) in [6.07, 6.45) is 0.352. The number of hydrogen-bond acceptors (Lipinski definition) is 2. The summed E-state index contributed by atoms with van der Waals surface area (Å²) in [7, 11) is 0. The molecule has 122 valence electrons. The molecule has 0 unspecified atom stereocenters. The molecule has 0 saturated heterocycles. The SMILES string of the molecule is CC(C)(C)c1ccccc1NC(=O)CCOCc1ccccc1. The first-order valence-corrected chi connectivity index (χ1v) is 7.98. The average Bonchev–Trinajstić information content (AvgIpc) is 2.52. The quantitative estimate of drug-likeness (QED) is 0.796. The summed E-state index contributed by atoms with van der Waals surface area (Å²) in [5.74, 6) is -0.0187. The molecule has 1 N–H and O–H groups in total. The van der Waals surface area contributed by atoms with E-state index < -0.39 is 0 Å². The molecule has 0 aliphatic heterocycles. The van der Waals surface area contributed by atoms with Gasteiger partial charge in [-0.2, -0.15) is 0 Å². The van der Waals surface area contributed by atoms with E-state index in [1.54, 1.807) is 0 Å². The summed E-state index contributed by atoms with van der Waals surface area (Å²) in [6, 6.07) is 17.9. The minimum Gasteiger partial charge on any atom is -0.376 e. The number of anilines is 1. The van der Waals surface area contributed by atoms with Crippen LogP contribution in [0.5, 0.6) is 0 Å². The molecular formula is C20H25NO2. The molecule has 1 amide bonds. The van der Waals surface area contributed by atoms with Crippen LogP contribution in [0, 0.1) is 0 Å². The van der Waals surface area contributed by atoms with Crippen molar-refractivity contribution in [1.29, 1.82) is 0 Å². The molecule has 23 heavy (non-hydrogen) atoms. The standard InChI is InChI=1S/C20H25NO2/c1-20(2,3)17-11-7-8-12-18(17)21-19(22)13-14-23-15-16-9-5-4-6-10-16/h4-12H,13-15H2,1-3H3,(H,21,22). The van der Waals surface area contributed by atoms with E-state index in [1.807, 2.05) is 48.5 Å². The monoisotopic (exact) mass is 311 g/mol. The Hall–Kier alpha value is -2.13. The van der Waals surface area contributed by atoms with E-state index in [-0.39, 0.29) is 11.3 Å². The van der Waals surface area contributed by atoms with Gasteiger partial charge in [0.2, 0.25) is 5.91 Å². The van der Waals surface area contributed by atoms with Crippen LogP contribution in [0.15, 0.2) is 54.6 Å². The van der Waals surface area contributed by atoms with Crippen molar-refractivity contribution in [3.05, 3.63) is 65.7 Å². The number of hydrogen-bond donors (Lipinski definition) is 1. The number of ether oxygens (including phenoxy) is 1. The molecule has 0 atom stereocenters. The van der Waals surface area contributed by atoms with E-state index in [0.717, 1.165) is 16.8 Å². The Balaban J connectivity index is 1.81. The van der Waals surface area contributed by atoms with Crippen LogP contribution in [0.1, 0.15) is 38.3 Å². The van der Waals surface area contributed by atoms with Crippen molar-refractivity contribution >= 4 is 11.6 Å². The van der Waals surface area contributed by atoms with Gasteiger partial charge in [0.05, 0.1) is 19.6 Å². The Kier molecular flexibility index (Phi) is 5.94. The minimum atomic E-state index is -0.0187. The lowest BCUT2D eigenvalue weighted by Gasteiger charge is -2.23. The zero-order valence-corrected chi connectivity index (χ0v) is 14.1. The van der Waals surface area contributed by atoms with Gasteiger partial charge in [0.25, 0.3) is 0 Å². The summed E-state index contributed by atoms with van der Waals surface area (Å²) < 4.78 is 5.56. The van der Waals surface area contributed by atoms with Gasteiger partial charge in [-0.1, -0.05) is 69.3 Å². The van der Waals surface area contributed by atoms with Crippen LogP contribution in [-0.2, 0) is 21.6 Å². The molecule has 3 heteroatoms. The second kappa shape index (κ2) is 7.93. The highest BCUT2D eigenvalue weighted by molar-refractivity contribution is 5.91. The number of rotatable bonds is 6. The Morgan fingerprint density at radius 3 is 2.35 bits per heavy atom. The molecule has 3 nitrogen and oxygen atoms in total. The predicted octanol–water partition coefficient (Wildman–Crippen LogP) is 4.53. The van der Waals surface area contributed by atoms with Gasteiger partial charge < -0.3 is 10.1 Å². The largest absolute Gasteiger partial charge is 0.376 e.